The first-order chi connectivity index (χ1) is 21.6. The molecule has 0 atom stereocenters. The summed E-state index contributed by atoms with van der Waals surface area (Å²) in [5.41, 5.74) is 0. The summed E-state index contributed by atoms with van der Waals surface area (Å²) in [6.07, 6.45) is -2.07. The van der Waals surface area contributed by atoms with E-state index in [1.54, 1.807) is 0 Å². The molecule has 0 aromatic heterocycles. The Labute approximate surface area is 260 Å². The molecule has 0 fully saturated rings. The highest BCUT2D eigenvalue weighted by atomic mass is 16.6. The zero-order valence-corrected chi connectivity index (χ0v) is 25.2. The first kappa shape index (κ1) is 41.6. The lowest BCUT2D eigenvalue weighted by atomic mass is 10.3. The number of carbonyl (C=O) groups excluding carboxylic acids is 3. The van der Waals surface area contributed by atoms with Gasteiger partial charge < -0.3 is 58.0 Å². The zero-order valence-electron chi connectivity index (χ0n) is 25.2. The van der Waals surface area contributed by atoms with Gasteiger partial charge >= 0.3 is 35.8 Å². The normalized spacial score (nSPS) is 10.9. The number of ether oxygens (including phenoxy) is 9. The summed E-state index contributed by atoms with van der Waals surface area (Å²) in [4.78, 5) is 65.4. The summed E-state index contributed by atoms with van der Waals surface area (Å²) < 4.78 is 47.3. The van der Waals surface area contributed by atoms with Crippen LogP contribution in [0.15, 0.2) is 0 Å². The Bertz CT molecular complexity index is 802. The predicted octanol–water partition coefficient (Wildman–Crippen LogP) is -0.321. The van der Waals surface area contributed by atoms with Crippen molar-refractivity contribution < 1.29 is 86.7 Å². The van der Waals surface area contributed by atoms with Gasteiger partial charge in [-0.15, -0.1) is 0 Å². The van der Waals surface area contributed by atoms with Crippen LogP contribution in [0.5, 0.6) is 0 Å². The number of esters is 3. The molecule has 260 valence electrons. The summed E-state index contributed by atoms with van der Waals surface area (Å²) in [6.45, 7) is 1.66. The molecule has 0 aliphatic heterocycles. The third-order valence-electron chi connectivity index (χ3n) is 5.03. The van der Waals surface area contributed by atoms with E-state index in [4.69, 9.17) is 58.0 Å². The second kappa shape index (κ2) is 29.3. The van der Waals surface area contributed by atoms with Gasteiger partial charge in [0.2, 0.25) is 0 Å². The van der Waals surface area contributed by atoms with Crippen molar-refractivity contribution in [1.82, 2.24) is 0 Å². The number of aliphatic carboxylic acids is 3. The topological polar surface area (TPSA) is 246 Å². The lowest BCUT2D eigenvalue weighted by Crippen LogP contribution is -2.29. The van der Waals surface area contributed by atoms with Crippen molar-refractivity contribution in [3.63, 3.8) is 0 Å². The summed E-state index contributed by atoms with van der Waals surface area (Å²) in [6, 6.07) is 0. The predicted molar refractivity (Wildman–Crippen MR) is 147 cm³/mol. The van der Waals surface area contributed by atoms with Gasteiger partial charge in [-0.05, 0) is 0 Å². The van der Waals surface area contributed by atoms with E-state index >= 15 is 0 Å². The molecule has 0 aliphatic rings. The molecule has 0 heterocycles. The van der Waals surface area contributed by atoms with Crippen LogP contribution in [-0.2, 0) is 71.4 Å². The Morgan fingerprint density at radius 1 is 0.378 bits per heavy atom. The highest BCUT2D eigenvalue weighted by Crippen LogP contribution is 1.99. The molecule has 45 heavy (non-hydrogen) atoms. The minimum absolute atomic E-state index is 0.0191. The standard InChI is InChI=1S/C27H44O18/c28-22(29)1-4-25(34)43-16-12-37-7-9-40-19-21(42-15-11-39-14-18-45-27(36)6-3-24(32)33)20-41-10-8-38-13-17-44-26(35)5-2-23(30)31/h21H,1-20H2,(H,28,29)(H,30,31)(H,32,33). The quantitative estimate of drug-likeness (QED) is 0.0477. The molecule has 0 saturated carbocycles. The maximum Gasteiger partial charge on any atom is 0.306 e. The van der Waals surface area contributed by atoms with Crippen molar-refractivity contribution in [3.05, 3.63) is 0 Å². The van der Waals surface area contributed by atoms with Crippen molar-refractivity contribution in [3.8, 4) is 0 Å². The molecular weight excluding hydrogens is 612 g/mol. The molecule has 3 N–H and O–H groups in total. The summed E-state index contributed by atoms with van der Waals surface area (Å²) in [5.74, 6) is -5.15. The minimum Gasteiger partial charge on any atom is -0.481 e. The Balaban J connectivity index is 4.16. The van der Waals surface area contributed by atoms with E-state index in [1.165, 1.54) is 0 Å². The lowest BCUT2D eigenvalue weighted by molar-refractivity contribution is -0.149. The minimum atomic E-state index is -1.09. The molecular formula is C27H44O18. The van der Waals surface area contributed by atoms with Gasteiger partial charge in [0.1, 0.15) is 25.9 Å². The third kappa shape index (κ3) is 31.8. The third-order valence-corrected chi connectivity index (χ3v) is 5.03. The van der Waals surface area contributed by atoms with Crippen LogP contribution in [0.3, 0.4) is 0 Å². The Morgan fingerprint density at radius 2 is 0.667 bits per heavy atom. The first-order valence-electron chi connectivity index (χ1n) is 14.2. The van der Waals surface area contributed by atoms with Gasteiger partial charge in [0, 0.05) is 0 Å². The summed E-state index contributed by atoms with van der Waals surface area (Å²) >= 11 is 0. The van der Waals surface area contributed by atoms with E-state index in [0.29, 0.717) is 0 Å². The van der Waals surface area contributed by atoms with Crippen LogP contribution >= 0.6 is 0 Å². The molecule has 0 saturated heterocycles. The lowest BCUT2D eigenvalue weighted by Gasteiger charge is -2.18. The van der Waals surface area contributed by atoms with Crippen LogP contribution in [0.4, 0.5) is 0 Å². The van der Waals surface area contributed by atoms with Crippen molar-refractivity contribution in [1.29, 1.82) is 0 Å². The van der Waals surface area contributed by atoms with Crippen molar-refractivity contribution in [2.24, 2.45) is 0 Å². The van der Waals surface area contributed by atoms with Gasteiger partial charge in [-0.25, -0.2) is 0 Å². The molecule has 0 bridgehead atoms. The fourth-order valence-corrected chi connectivity index (χ4v) is 2.88. The SMILES string of the molecule is O=C(O)CCC(=O)OCCOCCOCC(COCCOCCOC(=O)CCC(=O)O)OCCOCCOC(=O)CCC(=O)O. The maximum atomic E-state index is 11.4. The highest BCUT2D eigenvalue weighted by Gasteiger charge is 2.12. The van der Waals surface area contributed by atoms with E-state index in [0.717, 1.165) is 0 Å². The molecule has 0 aromatic rings. The van der Waals surface area contributed by atoms with E-state index in [1.807, 2.05) is 0 Å². The van der Waals surface area contributed by atoms with Gasteiger partial charge in [0.15, 0.2) is 0 Å². The van der Waals surface area contributed by atoms with Crippen LogP contribution in [0.2, 0.25) is 0 Å². The van der Waals surface area contributed by atoms with Crippen LogP contribution in [0, 0.1) is 0 Å². The van der Waals surface area contributed by atoms with Gasteiger partial charge in [0.05, 0.1) is 111 Å². The molecule has 0 aromatic carbocycles. The monoisotopic (exact) mass is 656 g/mol. The van der Waals surface area contributed by atoms with Crippen LogP contribution < -0.4 is 0 Å². The molecule has 18 nitrogen and oxygen atoms in total. The van der Waals surface area contributed by atoms with Crippen molar-refractivity contribution in [2.45, 2.75) is 44.6 Å². The van der Waals surface area contributed by atoms with Crippen LogP contribution in [0.25, 0.3) is 0 Å². The fraction of sp³-hybridized carbons (Fsp3) is 0.778. The highest BCUT2D eigenvalue weighted by molar-refractivity contribution is 5.77. The number of rotatable bonds is 32. The second-order valence-corrected chi connectivity index (χ2v) is 8.82. The zero-order chi connectivity index (χ0) is 33.5. The second-order valence-electron chi connectivity index (χ2n) is 8.82. The number of hydrogen-bond donors (Lipinski definition) is 3. The molecule has 0 radical (unpaired) electrons. The van der Waals surface area contributed by atoms with Crippen LogP contribution in [0.1, 0.15) is 38.5 Å². The molecule has 0 rings (SSSR count). The summed E-state index contributed by atoms with van der Waals surface area (Å²) in [7, 11) is 0. The first-order valence-corrected chi connectivity index (χ1v) is 14.2. The van der Waals surface area contributed by atoms with E-state index in [-0.39, 0.29) is 131 Å². The number of hydrogen-bond acceptors (Lipinski definition) is 15. The van der Waals surface area contributed by atoms with Crippen molar-refractivity contribution in [2.75, 3.05) is 92.5 Å². The van der Waals surface area contributed by atoms with E-state index in [2.05, 4.69) is 0 Å². The van der Waals surface area contributed by atoms with Gasteiger partial charge in [0.25, 0.3) is 0 Å². The largest absolute Gasteiger partial charge is 0.481 e. The molecule has 18 heteroatoms. The average molecular weight is 657 g/mol. The number of carbonyl (C=O) groups is 6. The van der Waals surface area contributed by atoms with Crippen LogP contribution in [-0.4, -0.2) is 150 Å². The van der Waals surface area contributed by atoms with Crippen molar-refractivity contribution >= 4 is 35.8 Å². The van der Waals surface area contributed by atoms with E-state index < -0.39 is 41.9 Å². The van der Waals surface area contributed by atoms with Gasteiger partial charge in [-0.3, -0.25) is 28.8 Å². The number of carboxylic acids is 3. The van der Waals surface area contributed by atoms with Gasteiger partial charge in [-0.2, -0.15) is 0 Å². The average Bonchev–Trinajstić information content (AvgIpc) is 2.99. The molecule has 0 aliphatic carbocycles. The fourth-order valence-electron chi connectivity index (χ4n) is 2.88. The Morgan fingerprint density at radius 3 is 1.00 bits per heavy atom. The molecule has 0 amide bonds. The maximum absolute atomic E-state index is 11.4. The smallest absolute Gasteiger partial charge is 0.306 e. The van der Waals surface area contributed by atoms with E-state index in [9.17, 15) is 28.8 Å². The number of carboxylic acid groups (broad SMARTS) is 3. The molecule has 0 unspecified atom stereocenters. The van der Waals surface area contributed by atoms with Gasteiger partial charge in [-0.1, -0.05) is 0 Å². The Hall–Kier alpha value is -3.42. The summed E-state index contributed by atoms with van der Waals surface area (Å²) in [5, 5.41) is 25.6. The Kier molecular flexibility index (Phi) is 27.1. The molecule has 0 spiro atoms.